The Morgan fingerprint density at radius 3 is 2.17 bits per heavy atom. The molecule has 0 aliphatic carbocycles. The number of rotatable bonds is 5. The van der Waals surface area contributed by atoms with Crippen LogP contribution < -0.4 is 9.46 Å². The molecule has 1 N–H and O–H groups in total. The van der Waals surface area contributed by atoms with Crippen molar-refractivity contribution in [2.45, 2.75) is 11.8 Å². The minimum absolute atomic E-state index is 0.214. The first-order valence-corrected chi connectivity index (χ1v) is 8.66. The molecule has 0 amide bonds. The SMILES string of the molecule is Cc1ccc(S(=O)(=O)Nc2ccc(Oc3ncccn3)cc2)cc1. The maximum Gasteiger partial charge on any atom is 0.321 e. The number of anilines is 1. The first kappa shape index (κ1) is 15.9. The third-order valence-corrected chi connectivity index (χ3v) is 4.59. The number of aromatic nitrogens is 2. The lowest BCUT2D eigenvalue weighted by molar-refractivity contribution is 0.442. The molecule has 0 aliphatic rings. The van der Waals surface area contributed by atoms with Crippen LogP contribution in [0.2, 0.25) is 0 Å². The van der Waals surface area contributed by atoms with E-state index in [4.69, 9.17) is 4.74 Å². The zero-order valence-electron chi connectivity index (χ0n) is 12.9. The summed E-state index contributed by atoms with van der Waals surface area (Å²) in [6.45, 7) is 1.90. The maximum absolute atomic E-state index is 12.3. The molecule has 0 unspecified atom stereocenters. The number of aryl methyl sites for hydroxylation is 1. The average molecular weight is 341 g/mol. The summed E-state index contributed by atoms with van der Waals surface area (Å²) < 4.78 is 32.6. The van der Waals surface area contributed by atoms with Crippen molar-refractivity contribution in [3.05, 3.63) is 72.6 Å². The molecule has 0 spiro atoms. The van der Waals surface area contributed by atoms with Gasteiger partial charge >= 0.3 is 6.01 Å². The highest BCUT2D eigenvalue weighted by Crippen LogP contribution is 2.22. The lowest BCUT2D eigenvalue weighted by atomic mass is 10.2. The lowest BCUT2D eigenvalue weighted by Crippen LogP contribution is -2.12. The number of ether oxygens (including phenoxy) is 1. The van der Waals surface area contributed by atoms with Crippen molar-refractivity contribution in [1.82, 2.24) is 9.97 Å². The van der Waals surface area contributed by atoms with Gasteiger partial charge in [0.25, 0.3) is 10.0 Å². The fourth-order valence-corrected chi connectivity index (χ4v) is 3.02. The van der Waals surface area contributed by atoms with Gasteiger partial charge in [0.1, 0.15) is 5.75 Å². The molecule has 0 fully saturated rings. The molecular weight excluding hydrogens is 326 g/mol. The Bertz CT molecular complexity index is 910. The summed E-state index contributed by atoms with van der Waals surface area (Å²) in [4.78, 5) is 8.13. The van der Waals surface area contributed by atoms with E-state index in [1.807, 2.05) is 6.92 Å². The van der Waals surface area contributed by atoms with E-state index < -0.39 is 10.0 Å². The van der Waals surface area contributed by atoms with E-state index >= 15 is 0 Å². The van der Waals surface area contributed by atoms with Crippen molar-refractivity contribution in [3.63, 3.8) is 0 Å². The lowest BCUT2D eigenvalue weighted by Gasteiger charge is -2.09. The molecule has 0 radical (unpaired) electrons. The maximum atomic E-state index is 12.3. The van der Waals surface area contributed by atoms with Gasteiger partial charge in [0.05, 0.1) is 4.90 Å². The number of sulfonamides is 1. The van der Waals surface area contributed by atoms with Gasteiger partial charge in [-0.15, -0.1) is 0 Å². The van der Waals surface area contributed by atoms with Crippen LogP contribution in [0.1, 0.15) is 5.56 Å². The van der Waals surface area contributed by atoms with E-state index in [-0.39, 0.29) is 10.9 Å². The summed E-state index contributed by atoms with van der Waals surface area (Å²) >= 11 is 0. The molecule has 3 rings (SSSR count). The minimum atomic E-state index is -3.62. The molecule has 1 aromatic heterocycles. The first-order chi connectivity index (χ1) is 11.5. The monoisotopic (exact) mass is 341 g/mol. The van der Waals surface area contributed by atoms with Crippen molar-refractivity contribution in [2.75, 3.05) is 4.72 Å². The number of hydrogen-bond donors (Lipinski definition) is 1. The Labute approximate surface area is 140 Å². The van der Waals surface area contributed by atoms with Crippen molar-refractivity contribution < 1.29 is 13.2 Å². The van der Waals surface area contributed by atoms with Gasteiger partial charge < -0.3 is 4.74 Å². The van der Waals surface area contributed by atoms with Gasteiger partial charge in [-0.1, -0.05) is 17.7 Å². The summed E-state index contributed by atoms with van der Waals surface area (Å²) in [7, 11) is -3.62. The predicted octanol–water partition coefficient (Wildman–Crippen LogP) is 3.38. The Morgan fingerprint density at radius 2 is 1.54 bits per heavy atom. The summed E-state index contributed by atoms with van der Waals surface area (Å²) in [6.07, 6.45) is 3.15. The van der Waals surface area contributed by atoms with Crippen molar-refractivity contribution >= 4 is 15.7 Å². The second-order valence-electron chi connectivity index (χ2n) is 5.08. The molecule has 2 aromatic carbocycles. The van der Waals surface area contributed by atoms with Crippen LogP contribution >= 0.6 is 0 Å². The van der Waals surface area contributed by atoms with Crippen molar-refractivity contribution in [2.24, 2.45) is 0 Å². The molecule has 0 saturated heterocycles. The van der Waals surface area contributed by atoms with Crippen LogP contribution in [0.15, 0.2) is 71.9 Å². The van der Waals surface area contributed by atoms with Crippen LogP contribution in [-0.2, 0) is 10.0 Å². The molecule has 0 bridgehead atoms. The number of nitrogens with zero attached hydrogens (tertiary/aromatic N) is 2. The molecule has 3 aromatic rings. The van der Waals surface area contributed by atoms with Gasteiger partial charge in [-0.2, -0.15) is 0 Å². The van der Waals surface area contributed by atoms with Crippen LogP contribution in [0.4, 0.5) is 5.69 Å². The van der Waals surface area contributed by atoms with Gasteiger partial charge in [-0.25, -0.2) is 18.4 Å². The molecule has 1 heterocycles. The summed E-state index contributed by atoms with van der Waals surface area (Å²) in [5, 5.41) is 0. The quantitative estimate of drug-likeness (QED) is 0.769. The van der Waals surface area contributed by atoms with E-state index in [0.717, 1.165) is 5.56 Å². The average Bonchev–Trinajstić information content (AvgIpc) is 2.58. The highest BCUT2D eigenvalue weighted by molar-refractivity contribution is 7.92. The zero-order valence-corrected chi connectivity index (χ0v) is 13.7. The smallest absolute Gasteiger partial charge is 0.321 e. The Morgan fingerprint density at radius 1 is 0.917 bits per heavy atom. The summed E-state index contributed by atoms with van der Waals surface area (Å²) in [6, 6.07) is 15.1. The number of nitrogens with one attached hydrogen (secondary N) is 1. The van der Waals surface area contributed by atoms with E-state index in [2.05, 4.69) is 14.7 Å². The molecule has 0 atom stereocenters. The fourth-order valence-electron chi connectivity index (χ4n) is 1.97. The molecule has 0 saturated carbocycles. The normalized spacial score (nSPS) is 11.0. The second-order valence-corrected chi connectivity index (χ2v) is 6.76. The van der Waals surface area contributed by atoms with Crippen LogP contribution in [0.3, 0.4) is 0 Å². The molecule has 122 valence electrons. The highest BCUT2D eigenvalue weighted by Gasteiger charge is 2.13. The molecular formula is C17H15N3O3S. The predicted molar refractivity (Wildman–Crippen MR) is 90.5 cm³/mol. The van der Waals surface area contributed by atoms with Crippen molar-refractivity contribution in [1.29, 1.82) is 0 Å². The third-order valence-electron chi connectivity index (χ3n) is 3.19. The van der Waals surface area contributed by atoms with Crippen LogP contribution in [0.25, 0.3) is 0 Å². The van der Waals surface area contributed by atoms with Crippen LogP contribution in [-0.4, -0.2) is 18.4 Å². The Hall–Kier alpha value is -2.93. The topological polar surface area (TPSA) is 81.2 Å². The van der Waals surface area contributed by atoms with Gasteiger partial charge in [0, 0.05) is 18.1 Å². The van der Waals surface area contributed by atoms with E-state index in [0.29, 0.717) is 11.4 Å². The highest BCUT2D eigenvalue weighted by atomic mass is 32.2. The van der Waals surface area contributed by atoms with E-state index in [9.17, 15) is 8.42 Å². The second kappa shape index (κ2) is 6.67. The zero-order chi connectivity index (χ0) is 17.0. The summed E-state index contributed by atoms with van der Waals surface area (Å²) in [5.74, 6) is 0.513. The van der Waals surface area contributed by atoms with Crippen molar-refractivity contribution in [3.8, 4) is 11.8 Å². The van der Waals surface area contributed by atoms with E-state index in [1.54, 1.807) is 67.0 Å². The Balaban J connectivity index is 1.73. The largest absolute Gasteiger partial charge is 0.424 e. The minimum Gasteiger partial charge on any atom is -0.424 e. The first-order valence-electron chi connectivity index (χ1n) is 7.17. The van der Waals surface area contributed by atoms with Crippen LogP contribution in [0.5, 0.6) is 11.8 Å². The summed E-state index contributed by atoms with van der Waals surface area (Å²) in [5.41, 5.74) is 1.44. The fraction of sp³-hybridized carbons (Fsp3) is 0.0588. The van der Waals surface area contributed by atoms with Gasteiger partial charge in [0.2, 0.25) is 0 Å². The van der Waals surface area contributed by atoms with Crippen LogP contribution in [0, 0.1) is 6.92 Å². The molecule has 0 aliphatic heterocycles. The van der Waals surface area contributed by atoms with Gasteiger partial charge in [0.15, 0.2) is 0 Å². The molecule has 7 heteroatoms. The molecule has 24 heavy (non-hydrogen) atoms. The molecule has 6 nitrogen and oxygen atoms in total. The van der Waals surface area contributed by atoms with E-state index in [1.165, 1.54) is 0 Å². The number of hydrogen-bond acceptors (Lipinski definition) is 5. The Kier molecular flexibility index (Phi) is 4.43. The van der Waals surface area contributed by atoms with Gasteiger partial charge in [-0.05, 0) is 49.4 Å². The number of benzene rings is 2. The third kappa shape index (κ3) is 3.88. The van der Waals surface area contributed by atoms with Gasteiger partial charge in [-0.3, -0.25) is 4.72 Å². The standard InChI is InChI=1S/C17H15N3O3S/c1-13-3-9-16(10-4-13)24(21,22)20-14-5-7-15(8-6-14)23-17-18-11-2-12-19-17/h2-12,20H,1H3.